The number of azo groups is 1. The smallest absolute Gasteiger partial charge is 0.339 e. The van der Waals surface area contributed by atoms with Crippen molar-refractivity contribution in [1.29, 1.82) is 0 Å². The quantitative estimate of drug-likeness (QED) is 0.508. The highest BCUT2D eigenvalue weighted by Crippen LogP contribution is 2.26. The number of aromatic carboxylic acids is 2. The van der Waals surface area contributed by atoms with Crippen LogP contribution >= 0.6 is 12.6 Å². The zero-order valence-corrected chi connectivity index (χ0v) is 11.9. The molecule has 2 aromatic carbocycles. The van der Waals surface area contributed by atoms with Crippen LogP contribution in [0, 0.1) is 0 Å². The minimum atomic E-state index is -1.29. The van der Waals surface area contributed by atoms with Crippen molar-refractivity contribution in [2.75, 3.05) is 0 Å². The number of phenols is 1. The molecule has 0 atom stereocenters. The van der Waals surface area contributed by atoms with Crippen LogP contribution in [-0.2, 0) is 0 Å². The fourth-order valence-electron chi connectivity index (χ4n) is 1.63. The van der Waals surface area contributed by atoms with Crippen molar-refractivity contribution in [3.05, 3.63) is 47.5 Å². The number of carboxylic acid groups (broad SMARTS) is 2. The van der Waals surface area contributed by atoms with Crippen molar-refractivity contribution in [2.45, 2.75) is 4.90 Å². The number of hydrogen-bond donors (Lipinski definition) is 4. The second-order valence-corrected chi connectivity index (χ2v) is 4.70. The second kappa shape index (κ2) is 6.27. The van der Waals surface area contributed by atoms with Crippen LogP contribution in [0.1, 0.15) is 20.7 Å². The van der Waals surface area contributed by atoms with Crippen LogP contribution in [0.3, 0.4) is 0 Å². The van der Waals surface area contributed by atoms with E-state index in [4.69, 9.17) is 10.2 Å². The van der Waals surface area contributed by atoms with Gasteiger partial charge in [0.1, 0.15) is 11.3 Å². The van der Waals surface area contributed by atoms with E-state index in [0.29, 0.717) is 4.90 Å². The molecule has 0 saturated heterocycles. The van der Waals surface area contributed by atoms with E-state index >= 15 is 0 Å². The van der Waals surface area contributed by atoms with Gasteiger partial charge in [0.2, 0.25) is 0 Å². The van der Waals surface area contributed by atoms with Gasteiger partial charge in [0.15, 0.2) is 0 Å². The summed E-state index contributed by atoms with van der Waals surface area (Å²) in [6.07, 6.45) is 0. The molecular weight excluding hydrogens is 308 g/mol. The number of aromatic hydroxyl groups is 1. The van der Waals surface area contributed by atoms with Crippen molar-refractivity contribution < 1.29 is 24.9 Å². The standard InChI is InChI=1S/C14H10N2O5S/c17-11-3-1-7(5-9(11)13(18)19)15-16-8-2-4-12(22)10(6-8)14(20)21/h1-6,17,22H,(H,18,19)(H,20,21). The fraction of sp³-hybridized carbons (Fsp3) is 0. The molecule has 0 saturated carbocycles. The van der Waals surface area contributed by atoms with E-state index in [1.165, 1.54) is 30.3 Å². The van der Waals surface area contributed by atoms with Crippen LogP contribution in [0.15, 0.2) is 51.5 Å². The third kappa shape index (κ3) is 3.41. The van der Waals surface area contributed by atoms with Gasteiger partial charge in [0.25, 0.3) is 0 Å². The largest absolute Gasteiger partial charge is 0.507 e. The van der Waals surface area contributed by atoms with Gasteiger partial charge in [-0.3, -0.25) is 0 Å². The first-order chi connectivity index (χ1) is 10.4. The highest BCUT2D eigenvalue weighted by atomic mass is 32.1. The predicted octanol–water partition coefficient (Wildman–Crippen LogP) is 3.49. The number of carboxylic acids is 2. The zero-order valence-electron chi connectivity index (χ0n) is 11.0. The fourth-order valence-corrected chi connectivity index (χ4v) is 1.87. The number of benzene rings is 2. The lowest BCUT2D eigenvalue weighted by atomic mass is 10.2. The molecule has 8 heteroatoms. The van der Waals surface area contributed by atoms with Gasteiger partial charge >= 0.3 is 11.9 Å². The summed E-state index contributed by atoms with van der Waals surface area (Å²) in [6.45, 7) is 0. The summed E-state index contributed by atoms with van der Waals surface area (Å²) in [5, 5.41) is 34.9. The Balaban J connectivity index is 2.33. The lowest BCUT2D eigenvalue weighted by molar-refractivity contribution is 0.0682. The van der Waals surface area contributed by atoms with Gasteiger partial charge in [-0.25, -0.2) is 9.59 Å². The minimum Gasteiger partial charge on any atom is -0.507 e. The third-order valence-corrected chi connectivity index (χ3v) is 3.09. The molecule has 0 radical (unpaired) electrons. The summed E-state index contributed by atoms with van der Waals surface area (Å²) in [5.74, 6) is -2.80. The van der Waals surface area contributed by atoms with Gasteiger partial charge in [-0.2, -0.15) is 10.2 Å². The van der Waals surface area contributed by atoms with Crippen LogP contribution in [0.4, 0.5) is 11.4 Å². The van der Waals surface area contributed by atoms with Crippen LogP contribution in [-0.4, -0.2) is 27.3 Å². The molecule has 0 fully saturated rings. The molecule has 22 heavy (non-hydrogen) atoms. The Morgan fingerprint density at radius 3 is 1.91 bits per heavy atom. The van der Waals surface area contributed by atoms with Gasteiger partial charge in [0, 0.05) is 4.90 Å². The van der Waals surface area contributed by atoms with Gasteiger partial charge in [0.05, 0.1) is 16.9 Å². The summed E-state index contributed by atoms with van der Waals surface area (Å²) >= 11 is 4.02. The summed E-state index contributed by atoms with van der Waals surface area (Å²) in [4.78, 5) is 22.2. The van der Waals surface area contributed by atoms with Crippen LogP contribution < -0.4 is 0 Å². The van der Waals surface area contributed by atoms with Crippen LogP contribution in [0.5, 0.6) is 5.75 Å². The van der Waals surface area contributed by atoms with Gasteiger partial charge in [-0.05, 0) is 36.4 Å². The number of rotatable bonds is 4. The molecule has 0 aromatic heterocycles. The van der Waals surface area contributed by atoms with Crippen molar-refractivity contribution in [3.8, 4) is 5.75 Å². The lowest BCUT2D eigenvalue weighted by Gasteiger charge is -2.01. The molecule has 0 aliphatic carbocycles. The van der Waals surface area contributed by atoms with Crippen molar-refractivity contribution in [2.24, 2.45) is 10.2 Å². The second-order valence-electron chi connectivity index (χ2n) is 4.21. The molecule has 0 aliphatic heterocycles. The topological polar surface area (TPSA) is 120 Å². The zero-order chi connectivity index (χ0) is 16.3. The summed E-state index contributed by atoms with van der Waals surface area (Å²) < 4.78 is 0. The maximum Gasteiger partial charge on any atom is 0.339 e. The third-order valence-electron chi connectivity index (χ3n) is 2.70. The van der Waals surface area contributed by atoms with Crippen molar-refractivity contribution in [1.82, 2.24) is 0 Å². The highest BCUT2D eigenvalue weighted by Gasteiger charge is 2.10. The van der Waals surface area contributed by atoms with Crippen LogP contribution in [0.2, 0.25) is 0 Å². The normalized spacial score (nSPS) is 10.8. The van der Waals surface area contributed by atoms with E-state index in [9.17, 15) is 14.7 Å². The maximum atomic E-state index is 11.0. The Morgan fingerprint density at radius 1 is 0.864 bits per heavy atom. The van der Waals surface area contributed by atoms with Gasteiger partial charge in [-0.1, -0.05) is 0 Å². The number of carbonyl (C=O) groups is 2. The minimum absolute atomic E-state index is 0.0169. The molecule has 0 spiro atoms. The Hall–Kier alpha value is -2.87. The van der Waals surface area contributed by atoms with Crippen molar-refractivity contribution in [3.63, 3.8) is 0 Å². The van der Waals surface area contributed by atoms with E-state index in [1.807, 2.05) is 0 Å². The SMILES string of the molecule is O=C(O)c1cc(N=Nc2ccc(S)c(C(=O)O)c2)ccc1O. The molecule has 0 heterocycles. The Bertz CT molecular complexity index is 723. The molecule has 0 bridgehead atoms. The Morgan fingerprint density at radius 2 is 1.36 bits per heavy atom. The molecule has 0 aliphatic rings. The first kappa shape index (κ1) is 15.5. The monoisotopic (exact) mass is 318 g/mol. The summed E-state index contributed by atoms with van der Waals surface area (Å²) in [6, 6.07) is 8.03. The molecule has 7 nitrogen and oxygen atoms in total. The van der Waals surface area contributed by atoms with E-state index in [0.717, 1.165) is 6.07 Å². The molecule has 0 unspecified atom stereocenters. The molecule has 112 valence electrons. The first-order valence-corrected chi connectivity index (χ1v) is 6.37. The van der Waals surface area contributed by atoms with Crippen LogP contribution in [0.25, 0.3) is 0 Å². The van der Waals surface area contributed by atoms with E-state index in [-0.39, 0.29) is 28.3 Å². The average Bonchev–Trinajstić information content (AvgIpc) is 2.47. The van der Waals surface area contributed by atoms with Gasteiger partial charge < -0.3 is 15.3 Å². The molecule has 0 amide bonds. The van der Waals surface area contributed by atoms with E-state index < -0.39 is 11.9 Å². The van der Waals surface area contributed by atoms with E-state index in [2.05, 4.69) is 22.9 Å². The average molecular weight is 318 g/mol. The predicted molar refractivity (Wildman–Crippen MR) is 79.9 cm³/mol. The molecule has 2 rings (SSSR count). The molecule has 2 aromatic rings. The maximum absolute atomic E-state index is 11.0. The lowest BCUT2D eigenvalue weighted by Crippen LogP contribution is -1.96. The number of hydrogen-bond acceptors (Lipinski definition) is 6. The number of thiol groups is 1. The Kier molecular flexibility index (Phi) is 4.42. The van der Waals surface area contributed by atoms with Gasteiger partial charge in [-0.15, -0.1) is 12.6 Å². The van der Waals surface area contributed by atoms with E-state index in [1.54, 1.807) is 0 Å². The summed E-state index contributed by atoms with van der Waals surface area (Å²) in [7, 11) is 0. The number of nitrogens with zero attached hydrogens (tertiary/aromatic N) is 2. The van der Waals surface area contributed by atoms with Crippen molar-refractivity contribution >= 4 is 35.9 Å². The summed E-state index contributed by atoms with van der Waals surface area (Å²) in [5.41, 5.74) is 0.173. The molecular formula is C14H10N2O5S. The molecule has 3 N–H and O–H groups in total. The first-order valence-electron chi connectivity index (χ1n) is 5.93. The Labute approximate surface area is 130 Å². The highest BCUT2D eigenvalue weighted by molar-refractivity contribution is 7.80.